The van der Waals surface area contributed by atoms with E-state index in [0.29, 0.717) is 11.6 Å². The number of carboxylic acid groups (broad SMARTS) is 1. The third-order valence-electron chi connectivity index (χ3n) is 2.04. The highest BCUT2D eigenvalue weighted by Crippen LogP contribution is 2.26. The Kier molecular flexibility index (Phi) is 3.39. The predicted octanol–water partition coefficient (Wildman–Crippen LogP) is 3.33. The average Bonchev–Trinajstić information content (AvgIpc) is 2.33. The lowest BCUT2D eigenvalue weighted by Gasteiger charge is -2.06. The topological polar surface area (TPSA) is 59.4 Å². The van der Waals surface area contributed by atoms with E-state index in [9.17, 15) is 4.79 Å². The van der Waals surface area contributed by atoms with Gasteiger partial charge in [0.2, 0.25) is 5.88 Å². The van der Waals surface area contributed by atoms with Crippen LogP contribution < -0.4 is 4.74 Å². The Hall–Kier alpha value is -1.88. The van der Waals surface area contributed by atoms with Gasteiger partial charge >= 0.3 is 5.97 Å². The van der Waals surface area contributed by atoms with Crippen molar-refractivity contribution in [2.45, 2.75) is 0 Å². The number of pyridine rings is 1. The highest BCUT2D eigenvalue weighted by molar-refractivity contribution is 9.10. The maximum Gasteiger partial charge on any atom is 0.335 e. The summed E-state index contributed by atoms with van der Waals surface area (Å²) in [7, 11) is 0. The van der Waals surface area contributed by atoms with Crippen LogP contribution >= 0.6 is 15.9 Å². The quantitative estimate of drug-likeness (QED) is 0.943. The van der Waals surface area contributed by atoms with Crippen LogP contribution in [0.4, 0.5) is 0 Å². The lowest BCUT2D eigenvalue weighted by molar-refractivity contribution is 0.0697. The van der Waals surface area contributed by atoms with E-state index in [2.05, 4.69) is 20.9 Å². The van der Waals surface area contributed by atoms with Gasteiger partial charge < -0.3 is 9.84 Å². The fourth-order valence-corrected chi connectivity index (χ4v) is 1.56. The van der Waals surface area contributed by atoms with Crippen molar-refractivity contribution in [2.75, 3.05) is 0 Å². The second-order valence-electron chi connectivity index (χ2n) is 3.22. The SMILES string of the molecule is O=C(O)c1ccc(Oc2ncccc2Br)cc1. The minimum Gasteiger partial charge on any atom is -0.478 e. The van der Waals surface area contributed by atoms with Crippen molar-refractivity contribution in [2.24, 2.45) is 0 Å². The number of halogens is 1. The molecule has 17 heavy (non-hydrogen) atoms. The summed E-state index contributed by atoms with van der Waals surface area (Å²) in [6.45, 7) is 0. The van der Waals surface area contributed by atoms with Gasteiger partial charge in [0.1, 0.15) is 5.75 Å². The molecule has 0 atom stereocenters. The molecule has 1 N–H and O–H groups in total. The molecule has 2 rings (SSSR count). The molecule has 86 valence electrons. The molecule has 2 aromatic rings. The van der Waals surface area contributed by atoms with Gasteiger partial charge in [0, 0.05) is 6.20 Å². The Balaban J connectivity index is 2.20. The Morgan fingerprint density at radius 3 is 2.53 bits per heavy atom. The fraction of sp³-hybridized carbons (Fsp3) is 0. The van der Waals surface area contributed by atoms with Gasteiger partial charge in [-0.25, -0.2) is 9.78 Å². The first-order valence-electron chi connectivity index (χ1n) is 4.78. The second kappa shape index (κ2) is 4.97. The number of carbonyl (C=O) groups is 1. The van der Waals surface area contributed by atoms with Gasteiger partial charge in [-0.15, -0.1) is 0 Å². The third kappa shape index (κ3) is 2.82. The molecule has 1 aromatic heterocycles. The first kappa shape index (κ1) is 11.6. The van der Waals surface area contributed by atoms with Gasteiger partial charge in [-0.1, -0.05) is 0 Å². The zero-order valence-electron chi connectivity index (χ0n) is 8.63. The molecule has 0 bridgehead atoms. The molecular formula is C12H8BrNO3. The van der Waals surface area contributed by atoms with Gasteiger partial charge in [0.15, 0.2) is 0 Å². The van der Waals surface area contributed by atoms with Gasteiger partial charge in [0.05, 0.1) is 10.0 Å². The molecule has 1 aromatic carbocycles. The lowest BCUT2D eigenvalue weighted by atomic mass is 10.2. The molecule has 4 nitrogen and oxygen atoms in total. The average molecular weight is 294 g/mol. The predicted molar refractivity (Wildman–Crippen MR) is 65.4 cm³/mol. The molecule has 0 fully saturated rings. The van der Waals surface area contributed by atoms with E-state index in [1.54, 1.807) is 24.4 Å². The number of hydrogen-bond acceptors (Lipinski definition) is 3. The van der Waals surface area contributed by atoms with E-state index in [1.807, 2.05) is 6.07 Å². The molecule has 0 unspecified atom stereocenters. The number of rotatable bonds is 3. The summed E-state index contributed by atoms with van der Waals surface area (Å²) < 4.78 is 6.23. The number of carboxylic acids is 1. The van der Waals surface area contributed by atoms with Crippen molar-refractivity contribution >= 4 is 21.9 Å². The number of aromatic nitrogens is 1. The summed E-state index contributed by atoms with van der Waals surface area (Å²) in [5, 5.41) is 8.75. The summed E-state index contributed by atoms with van der Waals surface area (Å²) in [5.41, 5.74) is 0.220. The highest BCUT2D eigenvalue weighted by atomic mass is 79.9. The van der Waals surface area contributed by atoms with Crippen molar-refractivity contribution in [1.29, 1.82) is 0 Å². The van der Waals surface area contributed by atoms with E-state index in [-0.39, 0.29) is 5.56 Å². The summed E-state index contributed by atoms with van der Waals surface area (Å²) in [4.78, 5) is 14.7. The number of nitrogens with zero attached hydrogens (tertiary/aromatic N) is 1. The first-order chi connectivity index (χ1) is 8.16. The smallest absolute Gasteiger partial charge is 0.335 e. The minimum absolute atomic E-state index is 0.220. The molecule has 0 amide bonds. The summed E-state index contributed by atoms with van der Waals surface area (Å²) >= 11 is 3.31. The van der Waals surface area contributed by atoms with Crippen molar-refractivity contribution in [3.05, 3.63) is 52.6 Å². The van der Waals surface area contributed by atoms with Crippen LogP contribution in [-0.4, -0.2) is 16.1 Å². The molecule has 0 radical (unpaired) electrons. The Morgan fingerprint density at radius 2 is 1.94 bits per heavy atom. The minimum atomic E-state index is -0.962. The molecule has 0 saturated carbocycles. The Morgan fingerprint density at radius 1 is 1.24 bits per heavy atom. The zero-order chi connectivity index (χ0) is 12.3. The molecule has 0 aliphatic rings. The van der Waals surface area contributed by atoms with E-state index in [4.69, 9.17) is 9.84 Å². The number of ether oxygens (including phenoxy) is 1. The number of aromatic carboxylic acids is 1. The van der Waals surface area contributed by atoms with Gasteiger partial charge in [-0.3, -0.25) is 0 Å². The molecular weight excluding hydrogens is 286 g/mol. The van der Waals surface area contributed by atoms with Gasteiger partial charge in [-0.05, 0) is 52.3 Å². The first-order valence-corrected chi connectivity index (χ1v) is 5.58. The van der Waals surface area contributed by atoms with Gasteiger partial charge in [-0.2, -0.15) is 0 Å². The molecule has 0 aliphatic heterocycles. The van der Waals surface area contributed by atoms with Crippen LogP contribution in [0.15, 0.2) is 47.1 Å². The maximum absolute atomic E-state index is 10.7. The normalized spacial score (nSPS) is 9.94. The summed E-state index contributed by atoms with van der Waals surface area (Å²) in [6, 6.07) is 9.73. The van der Waals surface area contributed by atoms with E-state index >= 15 is 0 Å². The zero-order valence-corrected chi connectivity index (χ0v) is 10.2. The van der Waals surface area contributed by atoms with E-state index in [1.165, 1.54) is 12.1 Å². The van der Waals surface area contributed by atoms with Gasteiger partial charge in [0.25, 0.3) is 0 Å². The highest BCUT2D eigenvalue weighted by Gasteiger charge is 2.05. The van der Waals surface area contributed by atoms with Crippen LogP contribution in [0.1, 0.15) is 10.4 Å². The Labute approximate surface area is 106 Å². The molecule has 1 heterocycles. The van der Waals surface area contributed by atoms with Crippen LogP contribution in [0.25, 0.3) is 0 Å². The van der Waals surface area contributed by atoms with Crippen LogP contribution in [-0.2, 0) is 0 Å². The third-order valence-corrected chi connectivity index (χ3v) is 2.64. The number of hydrogen-bond donors (Lipinski definition) is 1. The lowest BCUT2D eigenvalue weighted by Crippen LogP contribution is -1.95. The molecule has 0 spiro atoms. The van der Waals surface area contributed by atoms with Crippen molar-refractivity contribution in [1.82, 2.24) is 4.98 Å². The van der Waals surface area contributed by atoms with E-state index < -0.39 is 5.97 Å². The second-order valence-corrected chi connectivity index (χ2v) is 4.08. The largest absolute Gasteiger partial charge is 0.478 e. The fourth-order valence-electron chi connectivity index (χ4n) is 1.22. The van der Waals surface area contributed by atoms with E-state index in [0.717, 1.165) is 4.47 Å². The monoisotopic (exact) mass is 293 g/mol. The van der Waals surface area contributed by atoms with Crippen LogP contribution in [0.3, 0.4) is 0 Å². The molecule has 5 heteroatoms. The van der Waals surface area contributed by atoms with Crippen LogP contribution in [0, 0.1) is 0 Å². The Bertz CT molecular complexity index is 540. The molecule has 0 saturated heterocycles. The maximum atomic E-state index is 10.7. The van der Waals surface area contributed by atoms with Crippen LogP contribution in [0.5, 0.6) is 11.6 Å². The van der Waals surface area contributed by atoms with Crippen molar-refractivity contribution in [3.8, 4) is 11.6 Å². The standard InChI is InChI=1S/C12H8BrNO3/c13-10-2-1-7-14-11(10)17-9-5-3-8(4-6-9)12(15)16/h1-7H,(H,15,16). The summed E-state index contributed by atoms with van der Waals surface area (Å²) in [6.07, 6.45) is 1.62. The van der Waals surface area contributed by atoms with Crippen LogP contribution in [0.2, 0.25) is 0 Å². The molecule has 0 aliphatic carbocycles. The van der Waals surface area contributed by atoms with Crippen molar-refractivity contribution < 1.29 is 14.6 Å². The number of benzene rings is 1. The summed E-state index contributed by atoms with van der Waals surface area (Å²) in [5.74, 6) is 0.0144. The van der Waals surface area contributed by atoms with Crippen molar-refractivity contribution in [3.63, 3.8) is 0 Å².